The predicted octanol–water partition coefficient (Wildman–Crippen LogP) is 4.47. The number of halogens is 2. The van der Waals surface area contributed by atoms with E-state index >= 15 is 0 Å². The highest BCUT2D eigenvalue weighted by Gasteiger charge is 2.31. The normalized spacial score (nSPS) is 16.8. The fourth-order valence-corrected chi connectivity index (χ4v) is 3.57. The second-order valence-corrected chi connectivity index (χ2v) is 7.82. The first-order valence-electron chi connectivity index (χ1n) is 10.6. The number of rotatable bonds is 6. The Morgan fingerprint density at radius 2 is 2.06 bits per heavy atom. The average molecular weight is 438 g/mol. The number of nitrogens with zero attached hydrogens (tertiary/aromatic N) is 4. The molecule has 0 atom stereocenters. The van der Waals surface area contributed by atoms with Crippen molar-refractivity contribution in [2.24, 2.45) is 4.99 Å². The highest BCUT2D eigenvalue weighted by Crippen LogP contribution is 2.41. The number of aliphatic imine (C=N–C) groups is 1. The summed E-state index contributed by atoms with van der Waals surface area (Å²) in [4.78, 5) is 26.8. The van der Waals surface area contributed by atoms with Crippen molar-refractivity contribution in [3.05, 3.63) is 59.3 Å². The quantitative estimate of drug-likeness (QED) is 0.439. The van der Waals surface area contributed by atoms with Crippen LogP contribution in [-0.2, 0) is 5.92 Å². The summed E-state index contributed by atoms with van der Waals surface area (Å²) in [6.45, 7) is 3.15. The van der Waals surface area contributed by atoms with Crippen molar-refractivity contribution < 1.29 is 13.6 Å². The van der Waals surface area contributed by atoms with E-state index in [0.29, 0.717) is 11.5 Å². The number of nitrogens with one attached hydrogen (secondary N) is 2. The van der Waals surface area contributed by atoms with Crippen LogP contribution in [0, 0.1) is 5.41 Å². The van der Waals surface area contributed by atoms with Crippen LogP contribution >= 0.6 is 0 Å². The maximum atomic E-state index is 13.9. The number of hydrogen-bond donors (Lipinski definition) is 2. The van der Waals surface area contributed by atoms with Gasteiger partial charge in [-0.25, -0.2) is 0 Å². The third-order valence-electron chi connectivity index (χ3n) is 5.57. The zero-order chi connectivity index (χ0) is 22.7. The Bertz CT molecular complexity index is 1110. The molecule has 0 saturated carbocycles. The van der Waals surface area contributed by atoms with Gasteiger partial charge >= 0.3 is 0 Å². The molecular weight excluding hydrogens is 414 g/mol. The third kappa shape index (κ3) is 4.71. The van der Waals surface area contributed by atoms with Gasteiger partial charge in [-0.05, 0) is 37.5 Å². The molecule has 7 nitrogen and oxygen atoms in total. The molecule has 2 aromatic heterocycles. The molecule has 1 aliphatic carbocycles. The monoisotopic (exact) mass is 438 g/mol. The second kappa shape index (κ2) is 8.94. The minimum Gasteiger partial charge on any atom is -0.356 e. The summed E-state index contributed by atoms with van der Waals surface area (Å²) >= 11 is 0. The van der Waals surface area contributed by atoms with Crippen molar-refractivity contribution in [3.63, 3.8) is 0 Å². The van der Waals surface area contributed by atoms with Crippen molar-refractivity contribution >= 4 is 29.2 Å². The summed E-state index contributed by atoms with van der Waals surface area (Å²) in [6, 6.07) is 4.27. The van der Waals surface area contributed by atoms with Crippen LogP contribution in [0.4, 0.5) is 14.5 Å². The van der Waals surface area contributed by atoms with E-state index < -0.39 is 23.9 Å². The number of fused-ring (bicyclic) bond motifs is 1. The first-order chi connectivity index (χ1) is 15.4. The Hall–Kier alpha value is -3.49. The van der Waals surface area contributed by atoms with Gasteiger partial charge in [0.05, 0.1) is 23.8 Å². The van der Waals surface area contributed by atoms with Gasteiger partial charge in [0.2, 0.25) is 0 Å². The molecule has 9 heteroatoms. The lowest BCUT2D eigenvalue weighted by atomic mass is 10.1. The molecule has 166 valence electrons. The number of alkyl halides is 2. The minimum absolute atomic E-state index is 0.101. The lowest BCUT2D eigenvalue weighted by Crippen LogP contribution is -2.35. The van der Waals surface area contributed by atoms with Gasteiger partial charge < -0.3 is 10.2 Å². The van der Waals surface area contributed by atoms with Crippen LogP contribution in [0.2, 0.25) is 0 Å². The Labute approximate surface area is 184 Å². The third-order valence-corrected chi connectivity index (χ3v) is 5.57. The summed E-state index contributed by atoms with van der Waals surface area (Å²) in [5, 5.41) is 10.8. The molecule has 32 heavy (non-hydrogen) atoms. The predicted molar refractivity (Wildman–Crippen MR) is 119 cm³/mol. The zero-order valence-corrected chi connectivity index (χ0v) is 17.7. The molecule has 0 unspecified atom stereocenters. The van der Waals surface area contributed by atoms with Crippen LogP contribution in [0.5, 0.6) is 0 Å². The Kier molecular flexibility index (Phi) is 6.07. The molecule has 2 aliphatic rings. The van der Waals surface area contributed by atoms with Crippen molar-refractivity contribution in [2.75, 3.05) is 18.4 Å². The SMILES string of the molecule is CCC(F)(F)c1cc(C(=O)Nc2cnc3c(c2)/C3=C/N=CC(=N)N2CCCCC2)ccn1. The number of carbonyl (C=O) groups excluding carboxylic acids is 1. The van der Waals surface area contributed by atoms with Crippen molar-refractivity contribution in [3.8, 4) is 0 Å². The van der Waals surface area contributed by atoms with E-state index in [4.69, 9.17) is 5.41 Å². The van der Waals surface area contributed by atoms with Gasteiger partial charge in [0, 0.05) is 48.6 Å². The molecule has 1 amide bonds. The zero-order valence-electron chi connectivity index (χ0n) is 17.7. The molecule has 0 aromatic carbocycles. The minimum atomic E-state index is -3.08. The summed E-state index contributed by atoms with van der Waals surface area (Å²) in [7, 11) is 0. The van der Waals surface area contributed by atoms with E-state index in [1.807, 2.05) is 4.90 Å². The first-order valence-corrected chi connectivity index (χ1v) is 10.6. The molecule has 1 saturated heterocycles. The summed E-state index contributed by atoms with van der Waals surface area (Å²) in [5.41, 5.74) is 2.63. The number of amides is 1. The van der Waals surface area contributed by atoms with E-state index in [1.165, 1.54) is 38.0 Å². The Balaban J connectivity index is 1.39. The van der Waals surface area contributed by atoms with Crippen LogP contribution in [-0.4, -0.2) is 45.9 Å². The van der Waals surface area contributed by atoms with E-state index in [0.717, 1.165) is 48.8 Å². The van der Waals surface area contributed by atoms with Gasteiger partial charge in [0.25, 0.3) is 11.8 Å². The fourth-order valence-electron chi connectivity index (χ4n) is 3.57. The number of piperidine rings is 1. The summed E-state index contributed by atoms with van der Waals surface area (Å²) in [6.07, 6.45) is 8.93. The molecule has 2 aromatic rings. The summed E-state index contributed by atoms with van der Waals surface area (Å²) < 4.78 is 27.8. The number of anilines is 1. The maximum absolute atomic E-state index is 13.9. The van der Waals surface area contributed by atoms with Crippen LogP contribution in [0.15, 0.2) is 41.8 Å². The Morgan fingerprint density at radius 1 is 1.28 bits per heavy atom. The highest BCUT2D eigenvalue weighted by atomic mass is 19.3. The smallest absolute Gasteiger partial charge is 0.289 e. The Morgan fingerprint density at radius 3 is 2.81 bits per heavy atom. The van der Waals surface area contributed by atoms with Gasteiger partial charge in [-0.2, -0.15) is 8.78 Å². The number of hydrogen-bond acceptors (Lipinski definition) is 5. The molecule has 0 spiro atoms. The summed E-state index contributed by atoms with van der Waals surface area (Å²) in [5.74, 6) is -3.20. The molecule has 2 N–H and O–H groups in total. The highest BCUT2D eigenvalue weighted by molar-refractivity contribution is 6.28. The lowest BCUT2D eigenvalue weighted by Gasteiger charge is -2.26. The number of amidine groups is 1. The molecule has 1 aliphatic heterocycles. The molecule has 0 radical (unpaired) electrons. The largest absolute Gasteiger partial charge is 0.356 e. The van der Waals surface area contributed by atoms with E-state index in [1.54, 1.807) is 12.3 Å². The topological polar surface area (TPSA) is 94.3 Å². The molecule has 3 heterocycles. The van der Waals surface area contributed by atoms with Crippen molar-refractivity contribution in [1.29, 1.82) is 5.41 Å². The van der Waals surface area contributed by atoms with Gasteiger partial charge in [0.1, 0.15) is 11.5 Å². The van der Waals surface area contributed by atoms with Crippen LogP contribution in [0.3, 0.4) is 0 Å². The van der Waals surface area contributed by atoms with Crippen molar-refractivity contribution in [1.82, 2.24) is 14.9 Å². The number of likely N-dealkylation sites (tertiary alicyclic amines) is 1. The van der Waals surface area contributed by atoms with Gasteiger partial charge in [-0.3, -0.25) is 25.2 Å². The van der Waals surface area contributed by atoms with Gasteiger partial charge in [-0.1, -0.05) is 6.92 Å². The van der Waals surface area contributed by atoms with E-state index in [9.17, 15) is 13.6 Å². The second-order valence-electron chi connectivity index (χ2n) is 7.82. The molecule has 0 bridgehead atoms. The average Bonchev–Trinajstić information content (AvgIpc) is 3.51. The van der Waals surface area contributed by atoms with Crippen LogP contribution < -0.4 is 5.32 Å². The maximum Gasteiger partial charge on any atom is 0.289 e. The van der Waals surface area contributed by atoms with Crippen LogP contribution in [0.1, 0.15) is 59.9 Å². The number of carbonyl (C=O) groups is 1. The molecular formula is C23H24F2N6O. The lowest BCUT2D eigenvalue weighted by molar-refractivity contribution is -0.0128. The molecule has 4 rings (SSSR count). The number of pyridine rings is 2. The number of aromatic nitrogens is 2. The fraction of sp³-hybridized carbons (Fsp3) is 0.348. The van der Waals surface area contributed by atoms with E-state index in [-0.39, 0.29) is 5.56 Å². The molecule has 1 fully saturated rings. The van der Waals surface area contributed by atoms with E-state index in [2.05, 4.69) is 20.3 Å². The van der Waals surface area contributed by atoms with Crippen molar-refractivity contribution in [2.45, 2.75) is 38.5 Å². The van der Waals surface area contributed by atoms with Gasteiger partial charge in [0.15, 0.2) is 0 Å². The van der Waals surface area contributed by atoms with Gasteiger partial charge in [-0.15, -0.1) is 0 Å². The first kappa shape index (κ1) is 21.7. The standard InChI is InChI=1S/C23H24F2N6O/c1-2-23(24,25)19-10-15(6-7-28-19)22(32)30-16-11-17-18(21(17)29-12-16)13-27-14-20(26)31-8-4-3-5-9-31/h6-7,10-14,26H,2-5,8-9H2,1H3,(H,30,32)/b18-13-,26-20?,27-14?. The van der Waals surface area contributed by atoms with Crippen LogP contribution in [0.25, 0.3) is 5.57 Å².